The van der Waals surface area contributed by atoms with Crippen LogP contribution in [-0.4, -0.2) is 60.6 Å². The van der Waals surface area contributed by atoms with Crippen LogP contribution in [0, 0.1) is 6.92 Å². The lowest BCUT2D eigenvalue weighted by atomic mass is 10.1. The number of hydrogen-bond donors (Lipinski definition) is 1. The number of rotatable bonds is 5. The van der Waals surface area contributed by atoms with Gasteiger partial charge in [-0.3, -0.25) is 9.80 Å². The number of nitrogens with zero attached hydrogens (tertiary/aromatic N) is 2. The van der Waals surface area contributed by atoms with Gasteiger partial charge in [-0.25, -0.2) is 8.78 Å². The van der Waals surface area contributed by atoms with E-state index in [-0.39, 0.29) is 6.54 Å². The zero-order valence-corrected chi connectivity index (χ0v) is 12.5. The third-order valence-corrected chi connectivity index (χ3v) is 3.97. The summed E-state index contributed by atoms with van der Waals surface area (Å²) in [4.78, 5) is 3.97. The van der Waals surface area contributed by atoms with Gasteiger partial charge in [0.05, 0.1) is 12.6 Å². The Balaban J connectivity index is 1.84. The van der Waals surface area contributed by atoms with Crippen molar-refractivity contribution in [1.82, 2.24) is 9.80 Å². The summed E-state index contributed by atoms with van der Waals surface area (Å²) in [5, 5.41) is 10.3. The highest BCUT2D eigenvalue weighted by atomic mass is 19.3. The van der Waals surface area contributed by atoms with Crippen molar-refractivity contribution in [2.75, 3.05) is 39.3 Å². The molecular weight excluding hydrogens is 274 g/mol. The summed E-state index contributed by atoms with van der Waals surface area (Å²) in [5.41, 5.74) is 2.08. The van der Waals surface area contributed by atoms with E-state index in [1.54, 1.807) is 0 Å². The molecule has 5 heteroatoms. The van der Waals surface area contributed by atoms with E-state index in [0.717, 1.165) is 25.1 Å². The van der Waals surface area contributed by atoms with Crippen LogP contribution in [0.5, 0.6) is 0 Å². The third-order valence-electron chi connectivity index (χ3n) is 3.97. The summed E-state index contributed by atoms with van der Waals surface area (Å²) >= 11 is 0. The van der Waals surface area contributed by atoms with Crippen LogP contribution < -0.4 is 0 Å². The van der Waals surface area contributed by atoms with Gasteiger partial charge in [0, 0.05) is 19.6 Å². The average Bonchev–Trinajstić information content (AvgIpc) is 2.64. The van der Waals surface area contributed by atoms with Gasteiger partial charge < -0.3 is 5.11 Å². The molecule has 1 heterocycles. The Morgan fingerprint density at radius 3 is 2.14 bits per heavy atom. The molecule has 118 valence electrons. The smallest absolute Gasteiger partial charge is 0.251 e. The molecule has 1 aromatic rings. The van der Waals surface area contributed by atoms with Crippen molar-refractivity contribution in [3.05, 3.63) is 35.4 Å². The molecule has 0 amide bonds. The number of alkyl halides is 2. The number of benzene rings is 1. The second-order valence-corrected chi connectivity index (χ2v) is 5.77. The van der Waals surface area contributed by atoms with E-state index in [2.05, 4.69) is 4.90 Å². The summed E-state index contributed by atoms with van der Waals surface area (Å²) < 4.78 is 24.8. The fraction of sp³-hybridized carbons (Fsp3) is 0.625. The van der Waals surface area contributed by atoms with Crippen molar-refractivity contribution in [1.29, 1.82) is 0 Å². The van der Waals surface area contributed by atoms with Gasteiger partial charge in [0.1, 0.15) is 0 Å². The van der Waals surface area contributed by atoms with Crippen LogP contribution in [0.4, 0.5) is 8.78 Å². The summed E-state index contributed by atoms with van der Waals surface area (Å²) in [6, 6.07) is 7.87. The van der Waals surface area contributed by atoms with E-state index in [0.29, 0.717) is 19.6 Å². The van der Waals surface area contributed by atoms with Crippen molar-refractivity contribution >= 4 is 0 Å². The first-order chi connectivity index (χ1) is 10.0. The molecule has 1 atom stereocenters. The molecule has 0 radical (unpaired) electrons. The maximum atomic E-state index is 12.4. The van der Waals surface area contributed by atoms with Gasteiger partial charge in [0.2, 0.25) is 0 Å². The Morgan fingerprint density at radius 2 is 1.57 bits per heavy atom. The van der Waals surface area contributed by atoms with Crippen molar-refractivity contribution in [3.63, 3.8) is 0 Å². The van der Waals surface area contributed by atoms with Crippen LogP contribution >= 0.6 is 0 Å². The highest BCUT2D eigenvalue weighted by molar-refractivity contribution is 5.23. The molecule has 1 saturated heterocycles. The Morgan fingerprint density at radius 1 is 1.00 bits per heavy atom. The first-order valence-electron chi connectivity index (χ1n) is 7.52. The predicted octanol–water partition coefficient (Wildman–Crippen LogP) is 2.30. The minimum Gasteiger partial charge on any atom is -0.387 e. The molecule has 0 bridgehead atoms. The Labute approximate surface area is 125 Å². The van der Waals surface area contributed by atoms with E-state index in [1.165, 1.54) is 5.56 Å². The molecule has 0 saturated carbocycles. The van der Waals surface area contributed by atoms with Gasteiger partial charge in [-0.2, -0.15) is 0 Å². The van der Waals surface area contributed by atoms with Gasteiger partial charge in [-0.1, -0.05) is 29.8 Å². The molecule has 1 fully saturated rings. The molecule has 3 nitrogen and oxygen atoms in total. The summed E-state index contributed by atoms with van der Waals surface area (Å²) in [5.74, 6) is 0. The molecule has 2 rings (SSSR count). The second kappa shape index (κ2) is 7.82. The first-order valence-corrected chi connectivity index (χ1v) is 7.52. The first kappa shape index (κ1) is 16.3. The van der Waals surface area contributed by atoms with E-state index in [4.69, 9.17) is 0 Å². The van der Waals surface area contributed by atoms with Crippen LogP contribution in [0.2, 0.25) is 0 Å². The van der Waals surface area contributed by atoms with Crippen LogP contribution in [0.1, 0.15) is 23.7 Å². The van der Waals surface area contributed by atoms with Crippen LogP contribution in [0.3, 0.4) is 0 Å². The molecule has 0 spiro atoms. The predicted molar refractivity (Wildman–Crippen MR) is 79.6 cm³/mol. The van der Waals surface area contributed by atoms with Crippen molar-refractivity contribution in [2.45, 2.75) is 25.9 Å². The molecule has 21 heavy (non-hydrogen) atoms. The highest BCUT2D eigenvalue weighted by Gasteiger charge is 2.19. The fourth-order valence-corrected chi connectivity index (χ4v) is 2.72. The van der Waals surface area contributed by atoms with E-state index in [1.807, 2.05) is 36.1 Å². The Kier molecular flexibility index (Phi) is 6.08. The minimum absolute atomic E-state index is 0.144. The molecule has 1 unspecified atom stereocenters. The fourth-order valence-electron chi connectivity index (χ4n) is 2.72. The van der Waals surface area contributed by atoms with Gasteiger partial charge in [0.15, 0.2) is 0 Å². The molecule has 1 aliphatic heterocycles. The zero-order valence-electron chi connectivity index (χ0n) is 12.5. The summed E-state index contributed by atoms with van der Waals surface area (Å²) in [6.07, 6.45) is -1.92. The monoisotopic (exact) mass is 298 g/mol. The van der Waals surface area contributed by atoms with Gasteiger partial charge in [-0.05, 0) is 32.0 Å². The van der Waals surface area contributed by atoms with Crippen molar-refractivity contribution in [2.24, 2.45) is 0 Å². The second-order valence-electron chi connectivity index (χ2n) is 5.77. The number of hydrogen-bond acceptors (Lipinski definition) is 3. The molecule has 1 aliphatic rings. The lowest BCUT2D eigenvalue weighted by molar-refractivity contribution is 0.0861. The standard InChI is InChI=1S/C16H24F2N2O/c1-13-3-5-14(6-4-13)15(21)11-19-7-2-8-20(10-9-19)12-16(17)18/h3-6,15-16,21H,2,7-12H2,1H3. The van der Waals surface area contributed by atoms with Crippen LogP contribution in [-0.2, 0) is 0 Å². The quantitative estimate of drug-likeness (QED) is 0.903. The number of aryl methyl sites for hydroxylation is 1. The molecular formula is C16H24F2N2O. The maximum Gasteiger partial charge on any atom is 0.251 e. The maximum absolute atomic E-state index is 12.4. The van der Waals surface area contributed by atoms with Gasteiger partial charge >= 0.3 is 0 Å². The molecule has 1 aromatic carbocycles. The van der Waals surface area contributed by atoms with Crippen molar-refractivity contribution in [3.8, 4) is 0 Å². The lowest BCUT2D eigenvalue weighted by Gasteiger charge is -2.24. The highest BCUT2D eigenvalue weighted by Crippen LogP contribution is 2.16. The van der Waals surface area contributed by atoms with E-state index < -0.39 is 12.5 Å². The van der Waals surface area contributed by atoms with Gasteiger partial charge in [-0.15, -0.1) is 0 Å². The topological polar surface area (TPSA) is 26.7 Å². The Hall–Kier alpha value is -1.04. The number of aliphatic hydroxyl groups is 1. The minimum atomic E-state index is -2.27. The zero-order chi connectivity index (χ0) is 15.2. The summed E-state index contributed by atoms with van der Waals surface area (Å²) in [7, 11) is 0. The van der Waals surface area contributed by atoms with E-state index in [9.17, 15) is 13.9 Å². The van der Waals surface area contributed by atoms with Crippen LogP contribution in [0.25, 0.3) is 0 Å². The number of aliphatic hydroxyl groups excluding tert-OH is 1. The number of halogens is 2. The largest absolute Gasteiger partial charge is 0.387 e. The van der Waals surface area contributed by atoms with Crippen molar-refractivity contribution < 1.29 is 13.9 Å². The molecule has 0 aromatic heterocycles. The third kappa shape index (κ3) is 5.34. The SMILES string of the molecule is Cc1ccc(C(O)CN2CCCN(CC(F)F)CC2)cc1. The molecule has 0 aliphatic carbocycles. The number of β-amino-alcohol motifs (C(OH)–C–C–N with tert-alkyl or cyclic N) is 1. The lowest BCUT2D eigenvalue weighted by Crippen LogP contribution is -2.35. The van der Waals surface area contributed by atoms with Crippen LogP contribution in [0.15, 0.2) is 24.3 Å². The average molecular weight is 298 g/mol. The van der Waals surface area contributed by atoms with Gasteiger partial charge in [0.25, 0.3) is 6.43 Å². The summed E-state index contributed by atoms with van der Waals surface area (Å²) in [6.45, 7) is 5.37. The normalized spacial score (nSPS) is 19.7. The molecule has 1 N–H and O–H groups in total. The Bertz CT molecular complexity index is 425. The van der Waals surface area contributed by atoms with E-state index >= 15 is 0 Å².